The SMILES string of the molecule is CN1CCC(n2c(N)nc3c(F)cc(F)cc32)C1=O. The van der Waals surface area contributed by atoms with E-state index in [1.54, 1.807) is 11.9 Å². The van der Waals surface area contributed by atoms with E-state index in [0.717, 1.165) is 12.1 Å². The summed E-state index contributed by atoms with van der Waals surface area (Å²) in [6.07, 6.45) is 0.545. The number of hydrogen-bond donors (Lipinski definition) is 1. The number of carbonyl (C=O) groups excluding carboxylic acids is 1. The molecule has 1 aromatic carbocycles. The van der Waals surface area contributed by atoms with Crippen molar-refractivity contribution in [2.45, 2.75) is 12.5 Å². The lowest BCUT2D eigenvalue weighted by Crippen LogP contribution is -2.25. The molecule has 7 heteroatoms. The van der Waals surface area contributed by atoms with Crippen LogP contribution in [0.25, 0.3) is 11.0 Å². The molecule has 1 aliphatic rings. The second kappa shape index (κ2) is 3.91. The van der Waals surface area contributed by atoms with E-state index in [4.69, 9.17) is 5.73 Å². The van der Waals surface area contributed by atoms with Crippen LogP contribution in [0.3, 0.4) is 0 Å². The molecule has 1 aliphatic heterocycles. The topological polar surface area (TPSA) is 64.2 Å². The predicted molar refractivity (Wildman–Crippen MR) is 65.4 cm³/mol. The van der Waals surface area contributed by atoms with Crippen molar-refractivity contribution in [2.75, 3.05) is 19.3 Å². The zero-order chi connectivity index (χ0) is 13.7. The highest BCUT2D eigenvalue weighted by Crippen LogP contribution is 2.31. The number of carbonyl (C=O) groups is 1. The average molecular weight is 266 g/mol. The summed E-state index contributed by atoms with van der Waals surface area (Å²) >= 11 is 0. The summed E-state index contributed by atoms with van der Waals surface area (Å²) in [6.45, 7) is 0.584. The first-order valence-electron chi connectivity index (χ1n) is 5.86. The van der Waals surface area contributed by atoms with Crippen LogP contribution < -0.4 is 5.73 Å². The van der Waals surface area contributed by atoms with Crippen molar-refractivity contribution in [3.05, 3.63) is 23.8 Å². The minimum absolute atomic E-state index is 0.0127. The molecule has 2 N–H and O–H groups in total. The number of rotatable bonds is 1. The fourth-order valence-corrected chi connectivity index (χ4v) is 2.51. The van der Waals surface area contributed by atoms with E-state index in [1.165, 1.54) is 4.57 Å². The predicted octanol–water partition coefficient (Wildman–Crippen LogP) is 1.30. The Morgan fingerprint density at radius 1 is 1.42 bits per heavy atom. The third-order valence-corrected chi connectivity index (χ3v) is 3.45. The van der Waals surface area contributed by atoms with Gasteiger partial charge in [0, 0.05) is 25.7 Å². The van der Waals surface area contributed by atoms with Crippen molar-refractivity contribution in [3.8, 4) is 0 Å². The van der Waals surface area contributed by atoms with Crippen molar-refractivity contribution < 1.29 is 13.6 Å². The minimum Gasteiger partial charge on any atom is -0.369 e. The third kappa shape index (κ3) is 1.65. The molecule has 1 unspecified atom stereocenters. The maximum absolute atomic E-state index is 13.6. The van der Waals surface area contributed by atoms with Crippen LogP contribution in [0.5, 0.6) is 0 Å². The molecule has 0 aliphatic carbocycles. The number of hydrogen-bond acceptors (Lipinski definition) is 3. The van der Waals surface area contributed by atoms with E-state index >= 15 is 0 Å². The van der Waals surface area contributed by atoms with Gasteiger partial charge in [0.2, 0.25) is 11.9 Å². The largest absolute Gasteiger partial charge is 0.369 e. The first-order chi connectivity index (χ1) is 8.99. The number of halogens is 2. The molecule has 3 rings (SSSR count). The van der Waals surface area contributed by atoms with E-state index in [1.807, 2.05) is 0 Å². The van der Waals surface area contributed by atoms with E-state index in [2.05, 4.69) is 4.98 Å². The van der Waals surface area contributed by atoms with Gasteiger partial charge in [-0.1, -0.05) is 0 Å². The van der Waals surface area contributed by atoms with Gasteiger partial charge in [-0.3, -0.25) is 9.36 Å². The van der Waals surface area contributed by atoms with E-state index in [-0.39, 0.29) is 22.9 Å². The molecular formula is C12H12F2N4O. The lowest BCUT2D eigenvalue weighted by Gasteiger charge is -2.14. The zero-order valence-corrected chi connectivity index (χ0v) is 10.2. The van der Waals surface area contributed by atoms with Crippen LogP contribution in [-0.2, 0) is 4.79 Å². The number of nitrogen functional groups attached to an aromatic ring is 1. The van der Waals surface area contributed by atoms with Gasteiger partial charge in [0.15, 0.2) is 5.82 Å². The molecule has 0 radical (unpaired) electrons. The van der Waals surface area contributed by atoms with Crippen molar-refractivity contribution in [2.24, 2.45) is 0 Å². The molecule has 1 aromatic heterocycles. The first kappa shape index (κ1) is 11.9. The van der Waals surface area contributed by atoms with E-state index in [9.17, 15) is 13.6 Å². The molecule has 19 heavy (non-hydrogen) atoms. The third-order valence-electron chi connectivity index (χ3n) is 3.45. The number of imidazole rings is 1. The van der Waals surface area contributed by atoms with E-state index in [0.29, 0.717) is 13.0 Å². The van der Waals surface area contributed by atoms with Crippen molar-refractivity contribution in [1.82, 2.24) is 14.5 Å². The molecule has 1 saturated heterocycles. The Bertz CT molecular complexity index is 682. The number of anilines is 1. The number of benzene rings is 1. The summed E-state index contributed by atoms with van der Waals surface area (Å²) in [5.74, 6) is -1.60. The molecule has 2 aromatic rings. The van der Waals surface area contributed by atoms with Crippen LogP contribution in [-0.4, -0.2) is 34.0 Å². The minimum atomic E-state index is -0.778. The van der Waals surface area contributed by atoms with Gasteiger partial charge in [-0.2, -0.15) is 0 Å². The highest BCUT2D eigenvalue weighted by molar-refractivity contribution is 5.87. The summed E-state index contributed by atoms with van der Waals surface area (Å²) in [5.41, 5.74) is 5.95. The Morgan fingerprint density at radius 2 is 2.16 bits per heavy atom. The summed E-state index contributed by atoms with van der Waals surface area (Å²) in [7, 11) is 1.68. The van der Waals surface area contributed by atoms with Gasteiger partial charge >= 0.3 is 0 Å². The second-order valence-corrected chi connectivity index (χ2v) is 4.66. The summed E-state index contributed by atoms with van der Waals surface area (Å²) in [6, 6.07) is 1.35. The standard InChI is InChI=1S/C12H12F2N4O/c1-17-3-2-8(11(17)19)18-9-5-6(13)4-7(14)10(9)16-12(18)15/h4-5,8H,2-3H2,1H3,(H2,15,16). The van der Waals surface area contributed by atoms with E-state index < -0.39 is 17.7 Å². The van der Waals surface area contributed by atoms with Crippen LogP contribution >= 0.6 is 0 Å². The van der Waals surface area contributed by atoms with Gasteiger partial charge in [0.1, 0.15) is 17.4 Å². The van der Waals surface area contributed by atoms with Gasteiger partial charge in [0.05, 0.1) is 5.52 Å². The molecule has 1 amide bonds. The highest BCUT2D eigenvalue weighted by atomic mass is 19.1. The summed E-state index contributed by atoms with van der Waals surface area (Å²) in [5, 5.41) is 0. The Hall–Kier alpha value is -2.18. The maximum atomic E-state index is 13.6. The first-order valence-corrected chi connectivity index (χ1v) is 5.86. The quantitative estimate of drug-likeness (QED) is 0.846. The molecule has 2 heterocycles. The fourth-order valence-electron chi connectivity index (χ4n) is 2.51. The Balaban J connectivity index is 2.24. The number of nitrogens with two attached hydrogens (primary N) is 1. The Kier molecular flexibility index (Phi) is 2.44. The monoisotopic (exact) mass is 266 g/mol. The number of aromatic nitrogens is 2. The number of likely N-dealkylation sites (N-methyl/N-ethyl adjacent to an activating group) is 1. The summed E-state index contributed by atoms with van der Waals surface area (Å²) < 4.78 is 28.4. The average Bonchev–Trinajstić information content (AvgIpc) is 2.82. The number of amides is 1. The lowest BCUT2D eigenvalue weighted by molar-refractivity contribution is -0.129. The molecule has 5 nitrogen and oxygen atoms in total. The van der Waals surface area contributed by atoms with Crippen LogP contribution in [0.2, 0.25) is 0 Å². The van der Waals surface area contributed by atoms with Crippen molar-refractivity contribution in [3.63, 3.8) is 0 Å². The Labute approximate surface area is 107 Å². The highest BCUT2D eigenvalue weighted by Gasteiger charge is 2.33. The van der Waals surface area contributed by atoms with Gasteiger partial charge in [-0.25, -0.2) is 13.8 Å². The van der Waals surface area contributed by atoms with Crippen LogP contribution in [0.4, 0.5) is 14.7 Å². The summed E-state index contributed by atoms with van der Waals surface area (Å²) in [4.78, 5) is 17.5. The van der Waals surface area contributed by atoms with Crippen LogP contribution in [0.1, 0.15) is 12.5 Å². The number of nitrogens with zero attached hydrogens (tertiary/aromatic N) is 3. The molecule has 0 bridgehead atoms. The molecular weight excluding hydrogens is 254 g/mol. The number of likely N-dealkylation sites (tertiary alicyclic amines) is 1. The lowest BCUT2D eigenvalue weighted by atomic mass is 10.2. The van der Waals surface area contributed by atoms with Crippen molar-refractivity contribution >= 4 is 22.9 Å². The molecule has 1 atom stereocenters. The number of fused-ring (bicyclic) bond motifs is 1. The van der Waals surface area contributed by atoms with Gasteiger partial charge in [0.25, 0.3) is 0 Å². The van der Waals surface area contributed by atoms with Gasteiger partial charge in [-0.05, 0) is 6.42 Å². The Morgan fingerprint density at radius 3 is 2.79 bits per heavy atom. The normalized spacial score (nSPS) is 19.6. The van der Waals surface area contributed by atoms with Crippen LogP contribution in [0.15, 0.2) is 12.1 Å². The maximum Gasteiger partial charge on any atom is 0.245 e. The van der Waals surface area contributed by atoms with Crippen molar-refractivity contribution in [1.29, 1.82) is 0 Å². The molecule has 0 spiro atoms. The zero-order valence-electron chi connectivity index (χ0n) is 10.2. The second-order valence-electron chi connectivity index (χ2n) is 4.66. The van der Waals surface area contributed by atoms with Crippen LogP contribution in [0, 0.1) is 11.6 Å². The molecule has 1 fully saturated rings. The molecule has 0 saturated carbocycles. The van der Waals surface area contributed by atoms with Gasteiger partial charge < -0.3 is 10.6 Å². The fraction of sp³-hybridized carbons (Fsp3) is 0.333. The molecule has 100 valence electrons. The van der Waals surface area contributed by atoms with Gasteiger partial charge in [-0.15, -0.1) is 0 Å². The smallest absolute Gasteiger partial charge is 0.245 e.